The Morgan fingerprint density at radius 3 is 2.68 bits per heavy atom. The zero-order valence-corrected chi connectivity index (χ0v) is 12.3. The third kappa shape index (κ3) is 2.87. The zero-order valence-electron chi connectivity index (χ0n) is 12.3. The lowest BCUT2D eigenvalue weighted by Crippen LogP contribution is -2.24. The van der Waals surface area contributed by atoms with Gasteiger partial charge in [0.1, 0.15) is 11.6 Å². The second-order valence-corrected chi connectivity index (χ2v) is 5.75. The van der Waals surface area contributed by atoms with Crippen molar-refractivity contribution in [3.63, 3.8) is 0 Å². The highest BCUT2D eigenvalue weighted by molar-refractivity contribution is 5.72. The van der Waals surface area contributed by atoms with Crippen molar-refractivity contribution in [2.45, 2.75) is 12.5 Å². The van der Waals surface area contributed by atoms with Crippen molar-refractivity contribution >= 4 is 5.97 Å². The number of benzene rings is 1. The quantitative estimate of drug-likeness (QED) is 0.936. The number of carboxylic acids is 1. The molecule has 1 aromatic heterocycles. The van der Waals surface area contributed by atoms with Gasteiger partial charge in [0.2, 0.25) is 0 Å². The van der Waals surface area contributed by atoms with Crippen LogP contribution in [0.25, 0.3) is 0 Å². The van der Waals surface area contributed by atoms with Gasteiger partial charge in [-0.15, -0.1) is 0 Å². The Bertz CT molecular complexity index is 668. The van der Waals surface area contributed by atoms with Gasteiger partial charge in [-0.2, -0.15) is 0 Å². The number of imidazole rings is 1. The maximum Gasteiger partial charge on any atom is 0.308 e. The largest absolute Gasteiger partial charge is 0.481 e. The number of aromatic nitrogens is 2. The van der Waals surface area contributed by atoms with E-state index in [-0.39, 0.29) is 11.7 Å². The number of hydrogen-bond acceptors (Lipinski definition) is 3. The second kappa shape index (κ2) is 5.88. The molecule has 1 aliphatic rings. The molecule has 6 heteroatoms. The highest BCUT2D eigenvalue weighted by atomic mass is 19.1. The third-order valence-corrected chi connectivity index (χ3v) is 4.30. The van der Waals surface area contributed by atoms with E-state index < -0.39 is 11.9 Å². The van der Waals surface area contributed by atoms with E-state index in [9.17, 15) is 14.3 Å². The van der Waals surface area contributed by atoms with E-state index in [0.29, 0.717) is 19.6 Å². The minimum absolute atomic E-state index is 0.127. The molecule has 0 amide bonds. The molecule has 0 saturated carbocycles. The fraction of sp³-hybridized carbons (Fsp3) is 0.375. The molecule has 1 N–H and O–H groups in total. The van der Waals surface area contributed by atoms with Crippen molar-refractivity contribution in [2.75, 3.05) is 13.1 Å². The van der Waals surface area contributed by atoms with Gasteiger partial charge in [-0.25, -0.2) is 9.37 Å². The van der Waals surface area contributed by atoms with Crippen molar-refractivity contribution < 1.29 is 14.3 Å². The van der Waals surface area contributed by atoms with Crippen molar-refractivity contribution in [3.05, 3.63) is 53.9 Å². The van der Waals surface area contributed by atoms with Crippen LogP contribution in [0.3, 0.4) is 0 Å². The number of halogens is 1. The summed E-state index contributed by atoms with van der Waals surface area (Å²) >= 11 is 0. The fourth-order valence-electron chi connectivity index (χ4n) is 3.06. The minimum Gasteiger partial charge on any atom is -0.481 e. The molecule has 5 nitrogen and oxygen atoms in total. The Morgan fingerprint density at radius 1 is 1.36 bits per heavy atom. The average Bonchev–Trinajstić information content (AvgIpc) is 3.08. The Labute approximate surface area is 128 Å². The van der Waals surface area contributed by atoms with Gasteiger partial charge in [0, 0.05) is 38.4 Å². The molecule has 2 aromatic rings. The second-order valence-electron chi connectivity index (χ2n) is 5.75. The molecule has 0 bridgehead atoms. The Hall–Kier alpha value is -2.21. The molecular weight excluding hydrogens is 285 g/mol. The fourth-order valence-corrected chi connectivity index (χ4v) is 3.06. The molecule has 1 saturated heterocycles. The van der Waals surface area contributed by atoms with Crippen LogP contribution in [0.5, 0.6) is 0 Å². The number of likely N-dealkylation sites (tertiary alicyclic amines) is 1. The number of carboxylic acid groups (broad SMARTS) is 1. The zero-order chi connectivity index (χ0) is 15.7. The van der Waals surface area contributed by atoms with E-state index in [1.807, 2.05) is 17.8 Å². The lowest BCUT2D eigenvalue weighted by molar-refractivity contribution is -0.141. The summed E-state index contributed by atoms with van der Waals surface area (Å²) in [4.78, 5) is 17.9. The van der Waals surface area contributed by atoms with Crippen LogP contribution in [0.4, 0.5) is 4.39 Å². The lowest BCUT2D eigenvalue weighted by atomic mass is 9.89. The van der Waals surface area contributed by atoms with Crippen molar-refractivity contribution in [2.24, 2.45) is 13.0 Å². The number of nitrogens with zero attached hydrogens (tertiary/aromatic N) is 3. The molecule has 2 atom stereocenters. The van der Waals surface area contributed by atoms with Gasteiger partial charge in [-0.05, 0) is 17.7 Å². The molecule has 1 fully saturated rings. The van der Waals surface area contributed by atoms with Gasteiger partial charge in [0.25, 0.3) is 0 Å². The van der Waals surface area contributed by atoms with E-state index in [2.05, 4.69) is 9.88 Å². The van der Waals surface area contributed by atoms with Gasteiger partial charge in [-0.3, -0.25) is 9.69 Å². The number of hydrogen-bond donors (Lipinski definition) is 1. The third-order valence-electron chi connectivity index (χ3n) is 4.30. The van der Waals surface area contributed by atoms with Crippen LogP contribution in [0.1, 0.15) is 17.3 Å². The first kappa shape index (κ1) is 14.7. The number of aliphatic carboxylic acids is 1. The van der Waals surface area contributed by atoms with Gasteiger partial charge in [0.15, 0.2) is 0 Å². The van der Waals surface area contributed by atoms with Crippen LogP contribution in [-0.2, 0) is 18.4 Å². The first-order chi connectivity index (χ1) is 10.5. The SMILES string of the molecule is Cn1ccnc1CN1C[C@H](C(=O)O)[C@@H](c2ccc(F)cc2)C1. The molecule has 1 aliphatic heterocycles. The van der Waals surface area contributed by atoms with Crippen molar-refractivity contribution in [1.82, 2.24) is 14.5 Å². The van der Waals surface area contributed by atoms with E-state index in [4.69, 9.17) is 0 Å². The molecular formula is C16H18FN3O2. The summed E-state index contributed by atoms with van der Waals surface area (Å²) in [6.45, 7) is 1.73. The maximum atomic E-state index is 13.1. The number of aryl methyl sites for hydroxylation is 1. The van der Waals surface area contributed by atoms with Crippen molar-refractivity contribution in [1.29, 1.82) is 0 Å². The summed E-state index contributed by atoms with van der Waals surface area (Å²) in [5.74, 6) is -0.817. The minimum atomic E-state index is -0.809. The van der Waals surface area contributed by atoms with Gasteiger partial charge in [-0.1, -0.05) is 12.1 Å². The Balaban J connectivity index is 1.79. The molecule has 22 heavy (non-hydrogen) atoms. The summed E-state index contributed by atoms with van der Waals surface area (Å²) in [5, 5.41) is 9.48. The molecule has 116 valence electrons. The van der Waals surface area contributed by atoms with E-state index in [1.165, 1.54) is 12.1 Å². The number of rotatable bonds is 4. The maximum absolute atomic E-state index is 13.1. The average molecular weight is 303 g/mol. The first-order valence-corrected chi connectivity index (χ1v) is 7.21. The van der Waals surface area contributed by atoms with Crippen LogP contribution in [0.2, 0.25) is 0 Å². The standard InChI is InChI=1S/C16H18FN3O2/c1-19-7-6-18-15(19)10-20-8-13(14(9-20)16(21)22)11-2-4-12(17)5-3-11/h2-7,13-14H,8-10H2,1H3,(H,21,22)/t13-,14+/m1/s1. The summed E-state index contributed by atoms with van der Waals surface area (Å²) in [7, 11) is 1.92. The first-order valence-electron chi connectivity index (χ1n) is 7.21. The molecule has 0 spiro atoms. The van der Waals surface area contributed by atoms with Gasteiger partial charge >= 0.3 is 5.97 Å². The number of carbonyl (C=O) groups is 1. The highest BCUT2D eigenvalue weighted by Crippen LogP contribution is 2.33. The topological polar surface area (TPSA) is 58.4 Å². The van der Waals surface area contributed by atoms with Gasteiger partial charge in [0.05, 0.1) is 12.5 Å². The highest BCUT2D eigenvalue weighted by Gasteiger charge is 2.38. The molecule has 0 aliphatic carbocycles. The predicted molar refractivity (Wildman–Crippen MR) is 78.8 cm³/mol. The molecule has 3 rings (SSSR count). The Morgan fingerprint density at radius 2 is 2.09 bits per heavy atom. The summed E-state index contributed by atoms with van der Waals surface area (Å²) < 4.78 is 15.0. The van der Waals surface area contributed by atoms with Crippen molar-refractivity contribution in [3.8, 4) is 0 Å². The van der Waals surface area contributed by atoms with Crippen LogP contribution >= 0.6 is 0 Å². The summed E-state index contributed by atoms with van der Waals surface area (Å²) in [6, 6.07) is 6.13. The van der Waals surface area contributed by atoms with Crippen LogP contribution in [-0.4, -0.2) is 38.6 Å². The molecule has 0 unspecified atom stereocenters. The lowest BCUT2D eigenvalue weighted by Gasteiger charge is -2.16. The molecule has 2 heterocycles. The van der Waals surface area contributed by atoms with Crippen LogP contribution in [0.15, 0.2) is 36.7 Å². The molecule has 0 radical (unpaired) electrons. The normalized spacial score (nSPS) is 22.1. The summed E-state index contributed by atoms with van der Waals surface area (Å²) in [6.07, 6.45) is 3.61. The molecule has 1 aromatic carbocycles. The Kier molecular flexibility index (Phi) is 3.94. The van der Waals surface area contributed by atoms with E-state index >= 15 is 0 Å². The van der Waals surface area contributed by atoms with E-state index in [0.717, 1.165) is 11.4 Å². The van der Waals surface area contributed by atoms with Crippen LogP contribution < -0.4 is 0 Å². The summed E-state index contributed by atoms with van der Waals surface area (Å²) in [5.41, 5.74) is 0.871. The van der Waals surface area contributed by atoms with Crippen LogP contribution in [0, 0.1) is 11.7 Å². The monoisotopic (exact) mass is 303 g/mol. The predicted octanol–water partition coefficient (Wildman–Crippen LogP) is 1.86. The van der Waals surface area contributed by atoms with Gasteiger partial charge < -0.3 is 9.67 Å². The smallest absolute Gasteiger partial charge is 0.308 e. The van der Waals surface area contributed by atoms with E-state index in [1.54, 1.807) is 18.3 Å².